The van der Waals surface area contributed by atoms with Gasteiger partial charge in [0.05, 0.1) is 6.21 Å². The summed E-state index contributed by atoms with van der Waals surface area (Å²) < 4.78 is 0. The third-order valence-corrected chi connectivity index (χ3v) is 2.27. The van der Waals surface area contributed by atoms with E-state index in [2.05, 4.69) is 10.5 Å². The van der Waals surface area contributed by atoms with Gasteiger partial charge in [0.2, 0.25) is 0 Å². The molecule has 0 unspecified atom stereocenters. The predicted molar refractivity (Wildman–Crippen MR) is 52.6 cm³/mol. The molecule has 5 heteroatoms. The lowest BCUT2D eigenvalue weighted by Crippen LogP contribution is -2.24. The van der Waals surface area contributed by atoms with Crippen LogP contribution in [0.15, 0.2) is 15.7 Å². The molecule has 0 fully saturated rings. The number of nitrogens with zero attached hydrogens (tertiary/aromatic N) is 1. The molecular weight excluding hydrogens is 190 g/mol. The van der Waals surface area contributed by atoms with Gasteiger partial charge in [-0.15, -0.1) is 0 Å². The normalized spacial score (nSPS) is 17.9. The number of urea groups is 1. The zero-order valence-electron chi connectivity index (χ0n) is 7.22. The van der Waals surface area contributed by atoms with E-state index in [1.165, 1.54) is 0 Å². The van der Waals surface area contributed by atoms with Gasteiger partial charge < -0.3 is 5.73 Å². The lowest BCUT2D eigenvalue weighted by Gasteiger charge is -2.11. The average molecular weight is 202 g/mol. The van der Waals surface area contributed by atoms with Crippen molar-refractivity contribution in [3.63, 3.8) is 0 Å². The summed E-state index contributed by atoms with van der Waals surface area (Å²) in [5.41, 5.74) is 7.95. The van der Waals surface area contributed by atoms with Crippen molar-refractivity contribution in [1.29, 1.82) is 0 Å². The Bertz CT molecular complexity index is 260. The predicted octanol–water partition coefficient (Wildman–Crippen LogP) is 1.71. The molecule has 0 aliphatic heterocycles. The number of rotatable bonds is 2. The molecule has 0 bridgehead atoms. The average Bonchev–Trinajstić information content (AvgIpc) is 2.08. The summed E-state index contributed by atoms with van der Waals surface area (Å²) in [5.74, 6) is 0. The number of primary amides is 1. The fourth-order valence-corrected chi connectivity index (χ4v) is 1.48. The molecule has 3 N–H and O–H groups in total. The Hall–Kier alpha value is -1.03. The van der Waals surface area contributed by atoms with Crippen LogP contribution in [-0.4, -0.2) is 12.2 Å². The Morgan fingerprint density at radius 1 is 1.54 bits per heavy atom. The van der Waals surface area contributed by atoms with E-state index in [-0.39, 0.29) is 0 Å². The molecule has 0 aromatic carbocycles. The van der Waals surface area contributed by atoms with Crippen LogP contribution in [0.2, 0.25) is 0 Å². The molecule has 0 aromatic heterocycles. The van der Waals surface area contributed by atoms with Crippen LogP contribution < -0.4 is 11.2 Å². The molecule has 1 aliphatic rings. The highest BCUT2D eigenvalue weighted by Crippen LogP contribution is 2.25. The van der Waals surface area contributed by atoms with E-state index >= 15 is 0 Å². The molecule has 0 atom stereocenters. The highest BCUT2D eigenvalue weighted by Gasteiger charge is 2.08. The van der Waals surface area contributed by atoms with E-state index in [0.717, 1.165) is 36.3 Å². The molecule has 4 nitrogen and oxygen atoms in total. The number of halogens is 1. The number of hydrazone groups is 1. The lowest BCUT2D eigenvalue weighted by atomic mass is 10.0. The van der Waals surface area contributed by atoms with Gasteiger partial charge in [0.1, 0.15) is 0 Å². The van der Waals surface area contributed by atoms with Gasteiger partial charge in [-0.3, -0.25) is 0 Å². The molecule has 0 heterocycles. The molecule has 0 radical (unpaired) electrons. The maximum Gasteiger partial charge on any atom is 0.332 e. The van der Waals surface area contributed by atoms with E-state index in [1.54, 1.807) is 6.21 Å². The summed E-state index contributed by atoms with van der Waals surface area (Å²) in [6.45, 7) is 0. The fraction of sp³-hybridized carbons (Fsp3) is 0.500. The molecule has 0 aromatic rings. The van der Waals surface area contributed by atoms with Crippen molar-refractivity contribution in [3.05, 3.63) is 10.6 Å². The highest BCUT2D eigenvalue weighted by molar-refractivity contribution is 6.31. The Kier molecular flexibility index (Phi) is 3.76. The zero-order chi connectivity index (χ0) is 9.68. The molecule has 72 valence electrons. The molecular formula is C8H12ClN3O. The van der Waals surface area contributed by atoms with Gasteiger partial charge in [0, 0.05) is 5.03 Å². The van der Waals surface area contributed by atoms with Crippen LogP contribution in [0.4, 0.5) is 4.79 Å². The van der Waals surface area contributed by atoms with E-state index in [9.17, 15) is 4.79 Å². The first-order valence-electron chi connectivity index (χ1n) is 4.16. The minimum Gasteiger partial charge on any atom is -0.350 e. The number of nitrogens with two attached hydrogens (primary N) is 1. The number of hydrogen-bond donors (Lipinski definition) is 2. The van der Waals surface area contributed by atoms with Crippen LogP contribution in [-0.2, 0) is 0 Å². The van der Waals surface area contributed by atoms with Crippen molar-refractivity contribution >= 4 is 23.8 Å². The molecule has 13 heavy (non-hydrogen) atoms. The standard InChI is InChI=1S/C8H12ClN3O/c9-7-4-2-1-3-6(7)5-11-12-8(10)13/h5H,1-4H2,(H3,10,12,13). The lowest BCUT2D eigenvalue weighted by molar-refractivity contribution is 0.249. The topological polar surface area (TPSA) is 67.5 Å². The monoisotopic (exact) mass is 201 g/mol. The third kappa shape index (κ3) is 3.46. The van der Waals surface area contributed by atoms with E-state index in [0.29, 0.717) is 0 Å². The van der Waals surface area contributed by atoms with Gasteiger partial charge in [-0.1, -0.05) is 11.6 Å². The smallest absolute Gasteiger partial charge is 0.332 e. The largest absolute Gasteiger partial charge is 0.350 e. The van der Waals surface area contributed by atoms with Crippen molar-refractivity contribution < 1.29 is 4.79 Å². The van der Waals surface area contributed by atoms with E-state index in [1.807, 2.05) is 0 Å². The van der Waals surface area contributed by atoms with Crippen LogP contribution in [0.3, 0.4) is 0 Å². The summed E-state index contributed by atoms with van der Waals surface area (Å²) in [5, 5.41) is 4.49. The molecule has 0 saturated carbocycles. The Balaban J connectivity index is 2.51. The maximum atomic E-state index is 10.3. The van der Waals surface area contributed by atoms with Crippen molar-refractivity contribution in [2.24, 2.45) is 10.8 Å². The second kappa shape index (κ2) is 4.87. The summed E-state index contributed by atoms with van der Waals surface area (Å²) in [6.07, 6.45) is 5.63. The second-order valence-electron chi connectivity index (χ2n) is 2.87. The SMILES string of the molecule is NC(=O)NN=CC1=C(Cl)CCCC1. The van der Waals surface area contributed by atoms with Gasteiger partial charge in [-0.25, -0.2) is 10.2 Å². The Morgan fingerprint density at radius 2 is 2.23 bits per heavy atom. The minimum atomic E-state index is -0.663. The van der Waals surface area contributed by atoms with Crippen molar-refractivity contribution in [3.8, 4) is 0 Å². The number of amides is 2. The van der Waals surface area contributed by atoms with Crippen LogP contribution in [0.1, 0.15) is 25.7 Å². The quantitative estimate of drug-likeness (QED) is 0.518. The van der Waals surface area contributed by atoms with Gasteiger partial charge in [-0.2, -0.15) is 5.10 Å². The van der Waals surface area contributed by atoms with Crippen molar-refractivity contribution in [2.75, 3.05) is 0 Å². The number of allylic oxidation sites excluding steroid dienone is 2. The number of nitrogens with one attached hydrogen (secondary N) is 1. The highest BCUT2D eigenvalue weighted by atomic mass is 35.5. The van der Waals surface area contributed by atoms with Gasteiger partial charge in [0.15, 0.2) is 0 Å². The summed E-state index contributed by atoms with van der Waals surface area (Å²) in [4.78, 5) is 10.3. The van der Waals surface area contributed by atoms with Crippen molar-refractivity contribution in [1.82, 2.24) is 5.43 Å². The second-order valence-corrected chi connectivity index (χ2v) is 3.33. The first-order chi connectivity index (χ1) is 6.20. The number of carbonyl (C=O) groups excluding carboxylic acids is 1. The maximum absolute atomic E-state index is 10.3. The first-order valence-corrected chi connectivity index (χ1v) is 4.54. The number of hydrogen-bond acceptors (Lipinski definition) is 2. The molecule has 0 saturated heterocycles. The molecule has 1 rings (SSSR count). The first kappa shape index (κ1) is 10.1. The zero-order valence-corrected chi connectivity index (χ0v) is 7.97. The summed E-state index contributed by atoms with van der Waals surface area (Å²) >= 11 is 5.94. The summed E-state index contributed by atoms with van der Waals surface area (Å²) in [7, 11) is 0. The molecule has 1 aliphatic carbocycles. The van der Waals surface area contributed by atoms with Crippen LogP contribution >= 0.6 is 11.6 Å². The Morgan fingerprint density at radius 3 is 2.85 bits per heavy atom. The molecule has 0 spiro atoms. The van der Waals surface area contributed by atoms with E-state index < -0.39 is 6.03 Å². The molecule has 2 amide bonds. The van der Waals surface area contributed by atoms with Crippen LogP contribution in [0.25, 0.3) is 0 Å². The van der Waals surface area contributed by atoms with Crippen molar-refractivity contribution in [2.45, 2.75) is 25.7 Å². The van der Waals surface area contributed by atoms with Gasteiger partial charge in [-0.05, 0) is 31.3 Å². The van der Waals surface area contributed by atoms with E-state index in [4.69, 9.17) is 17.3 Å². The van der Waals surface area contributed by atoms with Crippen LogP contribution in [0, 0.1) is 0 Å². The van der Waals surface area contributed by atoms with Gasteiger partial charge >= 0.3 is 6.03 Å². The summed E-state index contributed by atoms with van der Waals surface area (Å²) in [6, 6.07) is -0.663. The fourth-order valence-electron chi connectivity index (χ4n) is 1.20. The minimum absolute atomic E-state index is 0.663. The Labute approximate surface area is 81.8 Å². The van der Waals surface area contributed by atoms with Crippen LogP contribution in [0.5, 0.6) is 0 Å². The number of carbonyl (C=O) groups is 1. The van der Waals surface area contributed by atoms with Gasteiger partial charge in [0.25, 0.3) is 0 Å². The third-order valence-electron chi connectivity index (χ3n) is 1.84.